The molecule has 1 aliphatic rings. The van der Waals surface area contributed by atoms with Crippen LogP contribution in [0.2, 0.25) is 0 Å². The van der Waals surface area contributed by atoms with Crippen molar-refractivity contribution in [2.24, 2.45) is 10.2 Å². The Kier molecular flexibility index (Phi) is 4.02. The van der Waals surface area contributed by atoms with Gasteiger partial charge in [0.1, 0.15) is 0 Å². The molecule has 0 aromatic heterocycles. The van der Waals surface area contributed by atoms with E-state index in [0.717, 1.165) is 17.8 Å². The molecule has 0 aliphatic heterocycles. The van der Waals surface area contributed by atoms with E-state index in [-0.39, 0.29) is 0 Å². The Morgan fingerprint density at radius 2 is 1.55 bits per heavy atom. The summed E-state index contributed by atoms with van der Waals surface area (Å²) in [5.41, 5.74) is 4.50. The molecule has 0 radical (unpaired) electrons. The lowest BCUT2D eigenvalue weighted by Crippen LogP contribution is -1.91. The summed E-state index contributed by atoms with van der Waals surface area (Å²) in [6.07, 6.45) is 7.25. The average Bonchev–Trinajstić information content (AvgIpc) is 2.55. The van der Waals surface area contributed by atoms with E-state index in [9.17, 15) is 0 Å². The first-order chi connectivity index (χ1) is 9.93. The highest BCUT2D eigenvalue weighted by atomic mass is 15.1. The van der Waals surface area contributed by atoms with Crippen LogP contribution in [0.4, 0.5) is 11.4 Å². The van der Waals surface area contributed by atoms with Crippen molar-refractivity contribution in [2.45, 2.75) is 25.7 Å². The predicted octanol–water partition coefficient (Wildman–Crippen LogP) is 6.06. The molecule has 3 rings (SSSR count). The molecule has 0 atom stereocenters. The number of allylic oxidation sites excluding steroid dienone is 2. The third-order valence-electron chi connectivity index (χ3n) is 3.57. The molecule has 0 unspecified atom stereocenters. The van der Waals surface area contributed by atoms with Crippen LogP contribution in [0.1, 0.15) is 31.2 Å². The Hall–Kier alpha value is -2.22. The number of nitrogens with zero attached hydrogens (tertiary/aromatic N) is 2. The maximum absolute atomic E-state index is 4.44. The second kappa shape index (κ2) is 6.29. The Balaban J connectivity index is 1.90. The van der Waals surface area contributed by atoms with Crippen molar-refractivity contribution >= 4 is 16.9 Å². The van der Waals surface area contributed by atoms with Gasteiger partial charge in [-0.05, 0) is 49.5 Å². The molecule has 0 bridgehead atoms. The summed E-state index contributed by atoms with van der Waals surface area (Å²) in [6, 6.07) is 18.2. The van der Waals surface area contributed by atoms with E-state index < -0.39 is 0 Å². The summed E-state index contributed by atoms with van der Waals surface area (Å²) in [5, 5.41) is 8.77. The van der Waals surface area contributed by atoms with Gasteiger partial charge >= 0.3 is 0 Å². The largest absolute Gasteiger partial charge is 0.151 e. The highest BCUT2D eigenvalue weighted by molar-refractivity contribution is 5.74. The molecule has 0 saturated carbocycles. The maximum atomic E-state index is 4.44. The molecule has 0 saturated heterocycles. The molecule has 0 N–H and O–H groups in total. The van der Waals surface area contributed by atoms with Crippen LogP contribution in [-0.2, 0) is 0 Å². The summed E-state index contributed by atoms with van der Waals surface area (Å²) < 4.78 is 0. The summed E-state index contributed by atoms with van der Waals surface area (Å²) >= 11 is 0. The molecule has 0 amide bonds. The van der Waals surface area contributed by atoms with Gasteiger partial charge in [-0.15, -0.1) is 5.11 Å². The molecule has 0 heterocycles. The molecule has 0 spiro atoms. The summed E-state index contributed by atoms with van der Waals surface area (Å²) in [5.74, 6) is 0. The molecule has 100 valence electrons. The van der Waals surface area contributed by atoms with Gasteiger partial charge in [0, 0.05) is 5.56 Å². The van der Waals surface area contributed by atoms with E-state index in [0.29, 0.717) is 0 Å². The highest BCUT2D eigenvalue weighted by Gasteiger charge is 2.09. The van der Waals surface area contributed by atoms with Gasteiger partial charge in [0.25, 0.3) is 0 Å². The van der Waals surface area contributed by atoms with Gasteiger partial charge in [0.15, 0.2) is 0 Å². The van der Waals surface area contributed by atoms with Gasteiger partial charge in [-0.3, -0.25) is 0 Å². The molecule has 20 heavy (non-hydrogen) atoms. The molecular weight excluding hydrogens is 244 g/mol. The summed E-state index contributed by atoms with van der Waals surface area (Å²) in [6.45, 7) is 0. The zero-order valence-corrected chi connectivity index (χ0v) is 11.5. The van der Waals surface area contributed by atoms with Crippen molar-refractivity contribution in [3.63, 3.8) is 0 Å². The first-order valence-corrected chi connectivity index (χ1v) is 7.19. The molecule has 1 aliphatic carbocycles. The van der Waals surface area contributed by atoms with E-state index >= 15 is 0 Å². The molecule has 2 nitrogen and oxygen atoms in total. The molecular formula is C18H18N2. The lowest BCUT2D eigenvalue weighted by Gasteiger charge is -2.14. The van der Waals surface area contributed by atoms with Gasteiger partial charge in [0.2, 0.25) is 0 Å². The second-order valence-corrected chi connectivity index (χ2v) is 5.03. The average molecular weight is 262 g/mol. The standard InChI is InChI=1S/C18H18N2/c1-3-9-15(10-4-1)17-13-7-8-14-18(17)20-19-16-11-5-2-6-12-16/h2,5-9,11-14H,1,3-4,10H2. The van der Waals surface area contributed by atoms with Crippen molar-refractivity contribution in [3.05, 3.63) is 66.2 Å². The van der Waals surface area contributed by atoms with E-state index in [1.54, 1.807) is 0 Å². The summed E-state index contributed by atoms with van der Waals surface area (Å²) in [7, 11) is 0. The van der Waals surface area contributed by atoms with Crippen LogP contribution in [0, 0.1) is 0 Å². The van der Waals surface area contributed by atoms with Crippen molar-refractivity contribution < 1.29 is 0 Å². The first-order valence-electron chi connectivity index (χ1n) is 7.19. The quantitative estimate of drug-likeness (QED) is 0.601. The third kappa shape index (κ3) is 3.02. The normalized spacial score (nSPS) is 15.3. The van der Waals surface area contributed by atoms with Gasteiger partial charge in [-0.1, -0.05) is 42.5 Å². The predicted molar refractivity (Wildman–Crippen MR) is 83.5 cm³/mol. The number of rotatable bonds is 3. The molecule has 2 aromatic carbocycles. The van der Waals surface area contributed by atoms with Crippen LogP contribution >= 0.6 is 0 Å². The minimum atomic E-state index is 0.889. The Morgan fingerprint density at radius 1 is 0.750 bits per heavy atom. The van der Waals surface area contributed by atoms with E-state index in [4.69, 9.17) is 0 Å². The summed E-state index contributed by atoms with van der Waals surface area (Å²) in [4.78, 5) is 0. The number of hydrogen-bond donors (Lipinski definition) is 0. The number of azo groups is 1. The van der Waals surface area contributed by atoms with Crippen LogP contribution in [0.15, 0.2) is 70.9 Å². The Bertz CT molecular complexity index is 627. The van der Waals surface area contributed by atoms with Gasteiger partial charge in [-0.25, -0.2) is 0 Å². The Labute approximate surface area is 119 Å². The SMILES string of the molecule is C1=C(c2ccccc2N=Nc2ccccc2)CCCC1. The van der Waals surface area contributed by atoms with Gasteiger partial charge in [0.05, 0.1) is 11.4 Å². The molecule has 2 aromatic rings. The highest BCUT2D eigenvalue weighted by Crippen LogP contribution is 2.33. The Morgan fingerprint density at radius 3 is 2.35 bits per heavy atom. The second-order valence-electron chi connectivity index (χ2n) is 5.03. The lowest BCUT2D eigenvalue weighted by atomic mass is 9.93. The van der Waals surface area contributed by atoms with Crippen molar-refractivity contribution in [1.29, 1.82) is 0 Å². The fourth-order valence-corrected chi connectivity index (χ4v) is 2.52. The fourth-order valence-electron chi connectivity index (χ4n) is 2.52. The van der Waals surface area contributed by atoms with Crippen molar-refractivity contribution in [3.8, 4) is 0 Å². The third-order valence-corrected chi connectivity index (χ3v) is 3.57. The van der Waals surface area contributed by atoms with Crippen LogP contribution in [0.25, 0.3) is 5.57 Å². The van der Waals surface area contributed by atoms with E-state index in [1.165, 1.54) is 30.4 Å². The fraction of sp³-hybridized carbons (Fsp3) is 0.222. The van der Waals surface area contributed by atoms with Crippen molar-refractivity contribution in [1.82, 2.24) is 0 Å². The van der Waals surface area contributed by atoms with Crippen LogP contribution in [0.3, 0.4) is 0 Å². The van der Waals surface area contributed by atoms with E-state index in [2.05, 4.69) is 28.4 Å². The first kappa shape index (κ1) is 12.8. The topological polar surface area (TPSA) is 24.7 Å². The lowest BCUT2D eigenvalue weighted by molar-refractivity contribution is 0.742. The minimum Gasteiger partial charge on any atom is -0.151 e. The molecule has 0 fully saturated rings. The molecule has 2 heteroatoms. The van der Waals surface area contributed by atoms with Gasteiger partial charge < -0.3 is 0 Å². The van der Waals surface area contributed by atoms with Crippen LogP contribution in [-0.4, -0.2) is 0 Å². The van der Waals surface area contributed by atoms with E-state index in [1.807, 2.05) is 42.5 Å². The van der Waals surface area contributed by atoms with Gasteiger partial charge in [-0.2, -0.15) is 5.11 Å². The zero-order valence-electron chi connectivity index (χ0n) is 11.5. The number of benzene rings is 2. The smallest absolute Gasteiger partial charge is 0.0931 e. The van der Waals surface area contributed by atoms with Crippen LogP contribution in [0.5, 0.6) is 0 Å². The minimum absolute atomic E-state index is 0.889. The van der Waals surface area contributed by atoms with Crippen molar-refractivity contribution in [2.75, 3.05) is 0 Å². The maximum Gasteiger partial charge on any atom is 0.0931 e. The zero-order chi connectivity index (χ0) is 13.6. The monoisotopic (exact) mass is 262 g/mol. The van der Waals surface area contributed by atoms with Crippen LogP contribution < -0.4 is 0 Å². The number of hydrogen-bond acceptors (Lipinski definition) is 2.